The molecular formula is C23H34N2. The van der Waals surface area contributed by atoms with E-state index in [4.69, 9.17) is 0 Å². The number of benzene rings is 1. The zero-order valence-corrected chi connectivity index (χ0v) is 15.7. The van der Waals surface area contributed by atoms with Crippen LogP contribution in [0.1, 0.15) is 62.5 Å². The van der Waals surface area contributed by atoms with Crippen molar-refractivity contribution in [2.45, 2.75) is 57.9 Å². The Balaban J connectivity index is 1.12. The largest absolute Gasteiger partial charge is 0.373 e. The Morgan fingerprint density at radius 1 is 0.880 bits per heavy atom. The van der Waals surface area contributed by atoms with Gasteiger partial charge in [0.2, 0.25) is 0 Å². The van der Waals surface area contributed by atoms with Crippen molar-refractivity contribution in [3.63, 3.8) is 0 Å². The third kappa shape index (κ3) is 4.47. The predicted molar refractivity (Wildman–Crippen MR) is 106 cm³/mol. The van der Waals surface area contributed by atoms with Gasteiger partial charge in [0, 0.05) is 19.6 Å². The first-order valence-electron chi connectivity index (χ1n) is 10.6. The molecule has 1 aromatic rings. The van der Waals surface area contributed by atoms with Crippen LogP contribution in [0.25, 0.3) is 6.08 Å². The molecule has 136 valence electrons. The van der Waals surface area contributed by atoms with Crippen molar-refractivity contribution < 1.29 is 0 Å². The van der Waals surface area contributed by atoms with E-state index in [1.165, 1.54) is 88.7 Å². The second kappa shape index (κ2) is 8.40. The van der Waals surface area contributed by atoms with Gasteiger partial charge in [0.25, 0.3) is 0 Å². The maximum atomic E-state index is 2.77. The van der Waals surface area contributed by atoms with Crippen LogP contribution in [0.4, 0.5) is 0 Å². The highest BCUT2D eigenvalue weighted by atomic mass is 15.1. The van der Waals surface area contributed by atoms with Gasteiger partial charge in [-0.1, -0.05) is 49.9 Å². The van der Waals surface area contributed by atoms with E-state index in [1.54, 1.807) is 0 Å². The Hall–Kier alpha value is -1.28. The van der Waals surface area contributed by atoms with Crippen LogP contribution < -0.4 is 0 Å². The maximum Gasteiger partial charge on any atom is 0.0429 e. The number of unbranched alkanes of at least 4 members (excludes halogenated alkanes) is 2. The molecule has 1 saturated heterocycles. The van der Waals surface area contributed by atoms with Crippen LogP contribution in [0, 0.1) is 11.8 Å². The van der Waals surface area contributed by atoms with Crippen LogP contribution in [0.2, 0.25) is 0 Å². The summed E-state index contributed by atoms with van der Waals surface area (Å²) in [5.74, 6) is 2.10. The van der Waals surface area contributed by atoms with Gasteiger partial charge in [-0.05, 0) is 74.0 Å². The van der Waals surface area contributed by atoms with E-state index in [0.717, 1.165) is 18.4 Å². The van der Waals surface area contributed by atoms with Crippen molar-refractivity contribution in [1.82, 2.24) is 9.80 Å². The Morgan fingerprint density at radius 2 is 1.72 bits per heavy atom. The van der Waals surface area contributed by atoms with Gasteiger partial charge in [-0.2, -0.15) is 0 Å². The summed E-state index contributed by atoms with van der Waals surface area (Å²) in [6.45, 7) is 6.39. The molecule has 0 bridgehead atoms. The molecule has 2 heteroatoms. The van der Waals surface area contributed by atoms with Gasteiger partial charge < -0.3 is 9.80 Å². The minimum atomic E-state index is 1.03. The molecule has 25 heavy (non-hydrogen) atoms. The lowest BCUT2D eigenvalue weighted by Crippen LogP contribution is -2.42. The van der Waals surface area contributed by atoms with E-state index >= 15 is 0 Å². The molecule has 2 fully saturated rings. The summed E-state index contributed by atoms with van der Waals surface area (Å²) in [5.41, 5.74) is 2.87. The molecule has 2 aliphatic heterocycles. The highest BCUT2D eigenvalue weighted by molar-refractivity contribution is 5.55. The van der Waals surface area contributed by atoms with E-state index < -0.39 is 0 Å². The molecule has 1 saturated carbocycles. The van der Waals surface area contributed by atoms with E-state index in [2.05, 4.69) is 46.3 Å². The van der Waals surface area contributed by atoms with Gasteiger partial charge in [-0.15, -0.1) is 0 Å². The lowest BCUT2D eigenvalue weighted by atomic mass is 9.75. The highest BCUT2D eigenvalue weighted by Gasteiger charge is 2.30. The van der Waals surface area contributed by atoms with Gasteiger partial charge in [0.15, 0.2) is 0 Å². The number of nitrogens with zero attached hydrogens (tertiary/aromatic N) is 2. The number of hydrogen-bond acceptors (Lipinski definition) is 2. The molecule has 1 aliphatic carbocycles. The topological polar surface area (TPSA) is 6.48 Å². The van der Waals surface area contributed by atoms with Crippen LogP contribution in [0.5, 0.6) is 0 Å². The minimum absolute atomic E-state index is 1.03. The fourth-order valence-corrected chi connectivity index (χ4v) is 5.16. The summed E-state index contributed by atoms with van der Waals surface area (Å²) < 4.78 is 0. The van der Waals surface area contributed by atoms with Crippen molar-refractivity contribution in [1.29, 1.82) is 0 Å². The van der Waals surface area contributed by atoms with Crippen LogP contribution in [0.3, 0.4) is 0 Å². The summed E-state index contributed by atoms with van der Waals surface area (Å²) in [7, 11) is 0. The van der Waals surface area contributed by atoms with Crippen LogP contribution in [0.15, 0.2) is 30.5 Å². The SMILES string of the molecule is C1=CN(CCCCCN2CCC3CCCCC3C2)Cc2ccccc21. The predicted octanol–water partition coefficient (Wildman–Crippen LogP) is 5.16. The zero-order chi connectivity index (χ0) is 16.9. The molecule has 0 spiro atoms. The first-order valence-corrected chi connectivity index (χ1v) is 10.6. The lowest BCUT2D eigenvalue weighted by molar-refractivity contribution is 0.0855. The summed E-state index contributed by atoms with van der Waals surface area (Å²) >= 11 is 0. The fraction of sp³-hybridized carbons (Fsp3) is 0.652. The third-order valence-electron chi connectivity index (χ3n) is 6.69. The summed E-state index contributed by atoms with van der Waals surface area (Å²) in [6.07, 6.45) is 16.1. The van der Waals surface area contributed by atoms with Crippen molar-refractivity contribution in [3.8, 4) is 0 Å². The Morgan fingerprint density at radius 3 is 2.68 bits per heavy atom. The number of hydrogen-bond donors (Lipinski definition) is 0. The van der Waals surface area contributed by atoms with Gasteiger partial charge in [-0.3, -0.25) is 0 Å². The first kappa shape index (κ1) is 17.1. The summed E-state index contributed by atoms with van der Waals surface area (Å²) in [5, 5.41) is 0. The lowest BCUT2D eigenvalue weighted by Gasteiger charge is -2.41. The molecule has 0 N–H and O–H groups in total. The Kier molecular flexibility index (Phi) is 5.76. The molecular weight excluding hydrogens is 304 g/mol. The molecule has 3 aliphatic rings. The second-order valence-corrected chi connectivity index (χ2v) is 8.44. The maximum absolute atomic E-state index is 2.77. The molecule has 0 aromatic heterocycles. The van der Waals surface area contributed by atoms with Crippen molar-refractivity contribution >= 4 is 6.08 Å². The number of likely N-dealkylation sites (tertiary alicyclic amines) is 1. The fourth-order valence-electron chi connectivity index (χ4n) is 5.16. The molecule has 2 nitrogen and oxygen atoms in total. The average Bonchev–Trinajstić information content (AvgIpc) is 2.67. The van der Waals surface area contributed by atoms with Crippen LogP contribution in [-0.2, 0) is 6.54 Å². The minimum Gasteiger partial charge on any atom is -0.373 e. The highest BCUT2D eigenvalue weighted by Crippen LogP contribution is 2.36. The number of rotatable bonds is 6. The van der Waals surface area contributed by atoms with Crippen LogP contribution >= 0.6 is 0 Å². The quantitative estimate of drug-likeness (QED) is 0.661. The standard InChI is InChI=1S/C23H34N2/c1(6-14-24-16-12-20-8-2-4-10-22(20)18-24)7-15-25-17-13-21-9-3-5-11-23(21)19-25/h2,4,8,10,12,16,21,23H,1,3,5-7,9,11,13-15,17-19H2. The monoisotopic (exact) mass is 338 g/mol. The summed E-state index contributed by atoms with van der Waals surface area (Å²) in [4.78, 5) is 5.25. The molecule has 2 unspecified atom stereocenters. The average molecular weight is 339 g/mol. The van der Waals surface area contributed by atoms with Crippen molar-refractivity contribution in [2.24, 2.45) is 11.8 Å². The summed E-state index contributed by atoms with van der Waals surface area (Å²) in [6, 6.07) is 8.78. The van der Waals surface area contributed by atoms with Crippen LogP contribution in [-0.4, -0.2) is 36.0 Å². The first-order chi connectivity index (χ1) is 12.4. The Bertz CT molecular complexity index is 579. The van der Waals surface area contributed by atoms with E-state index in [0.29, 0.717) is 0 Å². The smallest absolute Gasteiger partial charge is 0.0429 e. The Labute approximate surface area is 153 Å². The van der Waals surface area contributed by atoms with E-state index in [-0.39, 0.29) is 0 Å². The molecule has 0 radical (unpaired) electrons. The molecule has 4 rings (SSSR count). The van der Waals surface area contributed by atoms with Gasteiger partial charge in [0.05, 0.1) is 0 Å². The molecule has 0 amide bonds. The van der Waals surface area contributed by atoms with Crippen molar-refractivity contribution in [2.75, 3.05) is 26.2 Å². The number of fused-ring (bicyclic) bond motifs is 2. The normalized spacial score (nSPS) is 26.3. The zero-order valence-electron chi connectivity index (χ0n) is 15.7. The second-order valence-electron chi connectivity index (χ2n) is 8.44. The van der Waals surface area contributed by atoms with E-state index in [9.17, 15) is 0 Å². The number of piperidine rings is 1. The van der Waals surface area contributed by atoms with E-state index in [1.807, 2.05) is 0 Å². The van der Waals surface area contributed by atoms with Gasteiger partial charge in [0.1, 0.15) is 0 Å². The molecule has 2 heterocycles. The van der Waals surface area contributed by atoms with Gasteiger partial charge in [-0.25, -0.2) is 0 Å². The van der Waals surface area contributed by atoms with Crippen molar-refractivity contribution in [3.05, 3.63) is 41.6 Å². The molecule has 2 atom stereocenters. The van der Waals surface area contributed by atoms with Gasteiger partial charge >= 0.3 is 0 Å². The molecule has 1 aromatic carbocycles. The third-order valence-corrected chi connectivity index (χ3v) is 6.69.